The van der Waals surface area contributed by atoms with E-state index >= 15 is 0 Å². The smallest absolute Gasteiger partial charge is 0.387 e. The highest BCUT2D eigenvalue weighted by Gasteiger charge is 2.37. The Morgan fingerprint density at radius 3 is 3.00 bits per heavy atom. The van der Waals surface area contributed by atoms with E-state index in [2.05, 4.69) is 20.9 Å². The number of rotatable bonds is 6. The fraction of sp³-hybridized carbons (Fsp3) is 0.611. The van der Waals surface area contributed by atoms with Gasteiger partial charge in [0.2, 0.25) is 5.91 Å². The van der Waals surface area contributed by atoms with Crippen molar-refractivity contribution < 1.29 is 18.3 Å². The largest absolute Gasteiger partial charge is 0.435 e. The molecule has 2 fully saturated rings. The van der Waals surface area contributed by atoms with Crippen LogP contribution in [0.25, 0.3) is 0 Å². The summed E-state index contributed by atoms with van der Waals surface area (Å²) in [5, 5.41) is 3.18. The highest BCUT2D eigenvalue weighted by Crippen LogP contribution is 2.30. The Kier molecular flexibility index (Phi) is 8.22. The van der Waals surface area contributed by atoms with Crippen LogP contribution in [0.2, 0.25) is 0 Å². The molecule has 0 aromatic heterocycles. The van der Waals surface area contributed by atoms with Crippen LogP contribution in [0, 0.1) is 11.8 Å². The molecule has 2 saturated heterocycles. The predicted molar refractivity (Wildman–Crippen MR) is 101 cm³/mol. The molecule has 1 aromatic rings. The number of amides is 1. The molecule has 0 spiro atoms. The van der Waals surface area contributed by atoms with Crippen molar-refractivity contribution in [2.75, 3.05) is 33.2 Å². The van der Waals surface area contributed by atoms with Gasteiger partial charge in [-0.1, -0.05) is 12.1 Å². The van der Waals surface area contributed by atoms with Crippen molar-refractivity contribution >= 4 is 18.3 Å². The van der Waals surface area contributed by atoms with Gasteiger partial charge in [-0.2, -0.15) is 8.78 Å². The Bertz CT molecular complexity index is 621. The number of hydrazine groups is 1. The first-order valence-corrected chi connectivity index (χ1v) is 9.05. The van der Waals surface area contributed by atoms with Crippen molar-refractivity contribution in [3.8, 4) is 5.75 Å². The average molecular weight is 405 g/mol. The van der Waals surface area contributed by atoms with Crippen LogP contribution in [-0.4, -0.2) is 50.6 Å². The molecular formula is C18H27ClF2N4O2. The van der Waals surface area contributed by atoms with E-state index in [0.29, 0.717) is 12.5 Å². The van der Waals surface area contributed by atoms with Crippen LogP contribution in [0.5, 0.6) is 5.75 Å². The van der Waals surface area contributed by atoms with Crippen LogP contribution in [-0.2, 0) is 4.79 Å². The lowest BCUT2D eigenvalue weighted by molar-refractivity contribution is -0.137. The number of hydrogen-bond acceptors (Lipinski definition) is 5. The molecule has 3 N–H and O–H groups in total. The number of halogens is 3. The second-order valence-electron chi connectivity index (χ2n) is 6.91. The number of carbonyl (C=O) groups is 1. The van der Waals surface area contributed by atoms with Crippen LogP contribution < -0.4 is 20.9 Å². The third-order valence-corrected chi connectivity index (χ3v) is 5.06. The molecule has 2 aliphatic heterocycles. The lowest BCUT2D eigenvalue weighted by Crippen LogP contribution is -2.46. The number of alkyl halides is 2. The highest BCUT2D eigenvalue weighted by molar-refractivity contribution is 5.85. The van der Waals surface area contributed by atoms with Crippen molar-refractivity contribution in [2.45, 2.75) is 25.5 Å². The van der Waals surface area contributed by atoms with Crippen LogP contribution in [0.15, 0.2) is 24.3 Å². The first-order chi connectivity index (χ1) is 12.6. The third-order valence-electron chi connectivity index (χ3n) is 5.06. The summed E-state index contributed by atoms with van der Waals surface area (Å²) in [6.07, 6.45) is 2.14. The lowest BCUT2D eigenvalue weighted by atomic mass is 9.91. The van der Waals surface area contributed by atoms with Crippen molar-refractivity contribution in [3.05, 3.63) is 29.8 Å². The minimum atomic E-state index is -2.87. The fourth-order valence-electron chi connectivity index (χ4n) is 3.88. The van der Waals surface area contributed by atoms with Crippen LogP contribution in [0.1, 0.15) is 24.4 Å². The number of ether oxygens (including phenoxy) is 1. The van der Waals surface area contributed by atoms with Crippen LogP contribution in [0.4, 0.5) is 8.78 Å². The Balaban J connectivity index is 0.00000261. The number of likely N-dealkylation sites (tertiary alicyclic amines) is 1. The standard InChI is InChI=1S/C18H26F2N4O2.ClH/c1-21-9-12-4-3-7-24(11-12)17(25)15-10-22-23-16(15)13-5-2-6-14(8-13)26-18(19)20;/h2,5-6,8,12,15-16,18,21-23H,3-4,7,9-11H2,1H3;1H. The molecule has 1 aromatic carbocycles. The van der Waals surface area contributed by atoms with E-state index in [0.717, 1.165) is 38.0 Å². The van der Waals surface area contributed by atoms with E-state index in [1.54, 1.807) is 12.1 Å². The normalized spacial score (nSPS) is 25.3. The molecule has 0 radical (unpaired) electrons. The van der Waals surface area contributed by atoms with Gasteiger partial charge in [0.25, 0.3) is 0 Å². The molecule has 9 heteroatoms. The maximum atomic E-state index is 13.1. The van der Waals surface area contributed by atoms with Gasteiger partial charge >= 0.3 is 6.61 Å². The number of benzene rings is 1. The maximum Gasteiger partial charge on any atom is 0.387 e. The molecule has 27 heavy (non-hydrogen) atoms. The monoisotopic (exact) mass is 404 g/mol. The van der Waals surface area contributed by atoms with Gasteiger partial charge < -0.3 is 15.0 Å². The molecule has 0 aliphatic carbocycles. The first kappa shape index (κ1) is 21.8. The Morgan fingerprint density at radius 1 is 1.44 bits per heavy atom. The Labute approximate surface area is 164 Å². The summed E-state index contributed by atoms with van der Waals surface area (Å²) in [6.45, 7) is 0.0847. The molecule has 3 atom stereocenters. The topological polar surface area (TPSA) is 65.6 Å². The molecule has 1 amide bonds. The summed E-state index contributed by atoms with van der Waals surface area (Å²) in [4.78, 5) is 15.0. The molecule has 0 bridgehead atoms. The molecule has 3 rings (SSSR count). The molecule has 2 aliphatic rings. The molecule has 2 heterocycles. The first-order valence-electron chi connectivity index (χ1n) is 9.05. The summed E-state index contributed by atoms with van der Waals surface area (Å²) in [7, 11) is 1.93. The SMILES string of the molecule is CNCC1CCCN(C(=O)C2CNNC2c2cccc(OC(F)F)c2)C1.Cl. The van der Waals surface area contributed by atoms with Gasteiger partial charge in [0.05, 0.1) is 12.0 Å². The van der Waals surface area contributed by atoms with E-state index in [1.807, 2.05) is 18.0 Å². The van der Waals surface area contributed by atoms with Crippen molar-refractivity contribution in [3.63, 3.8) is 0 Å². The van der Waals surface area contributed by atoms with Gasteiger partial charge in [-0.3, -0.25) is 10.2 Å². The summed E-state index contributed by atoms with van der Waals surface area (Å²) in [6, 6.07) is 6.27. The second-order valence-corrected chi connectivity index (χ2v) is 6.91. The van der Waals surface area contributed by atoms with Crippen molar-refractivity contribution in [1.82, 2.24) is 21.1 Å². The molecule has 152 valence electrons. The van der Waals surface area contributed by atoms with Gasteiger partial charge in [0.1, 0.15) is 5.75 Å². The highest BCUT2D eigenvalue weighted by atomic mass is 35.5. The molecule has 6 nitrogen and oxygen atoms in total. The zero-order chi connectivity index (χ0) is 18.5. The van der Waals surface area contributed by atoms with Crippen molar-refractivity contribution in [2.24, 2.45) is 11.8 Å². The van der Waals surface area contributed by atoms with Crippen LogP contribution in [0.3, 0.4) is 0 Å². The number of hydrogen-bond donors (Lipinski definition) is 3. The minimum absolute atomic E-state index is 0. The van der Waals surface area contributed by atoms with Gasteiger partial charge in [-0.15, -0.1) is 12.4 Å². The quantitative estimate of drug-likeness (QED) is 0.676. The second kappa shape index (κ2) is 10.2. The Hall–Kier alpha value is -1.48. The molecule has 3 unspecified atom stereocenters. The van der Waals surface area contributed by atoms with E-state index < -0.39 is 6.61 Å². The van der Waals surface area contributed by atoms with Crippen LogP contribution >= 0.6 is 12.4 Å². The number of nitrogens with zero attached hydrogens (tertiary/aromatic N) is 1. The molecular weight excluding hydrogens is 378 g/mol. The minimum Gasteiger partial charge on any atom is -0.435 e. The third kappa shape index (κ3) is 5.51. The zero-order valence-corrected chi connectivity index (χ0v) is 16.1. The Morgan fingerprint density at radius 2 is 2.26 bits per heavy atom. The van der Waals surface area contributed by atoms with E-state index in [9.17, 15) is 13.6 Å². The zero-order valence-electron chi connectivity index (χ0n) is 15.3. The van der Waals surface area contributed by atoms with E-state index in [4.69, 9.17) is 0 Å². The number of piperidine rings is 1. The van der Waals surface area contributed by atoms with Crippen molar-refractivity contribution in [1.29, 1.82) is 0 Å². The summed E-state index contributed by atoms with van der Waals surface area (Å²) >= 11 is 0. The van der Waals surface area contributed by atoms with Gasteiger partial charge in [0, 0.05) is 19.6 Å². The summed E-state index contributed by atoms with van der Waals surface area (Å²) in [5.74, 6) is 0.407. The molecule has 0 saturated carbocycles. The van der Waals surface area contributed by atoms with Gasteiger partial charge in [-0.05, 0) is 50.0 Å². The van der Waals surface area contributed by atoms with E-state index in [1.165, 1.54) is 6.07 Å². The van der Waals surface area contributed by atoms with Gasteiger partial charge in [-0.25, -0.2) is 5.43 Å². The summed E-state index contributed by atoms with van der Waals surface area (Å²) in [5.41, 5.74) is 6.91. The lowest BCUT2D eigenvalue weighted by Gasteiger charge is -2.35. The maximum absolute atomic E-state index is 13.1. The fourth-order valence-corrected chi connectivity index (χ4v) is 3.88. The van der Waals surface area contributed by atoms with E-state index in [-0.39, 0.29) is 36.0 Å². The number of carbonyl (C=O) groups excluding carboxylic acids is 1. The number of nitrogens with one attached hydrogen (secondary N) is 3. The predicted octanol–water partition coefficient (Wildman–Crippen LogP) is 1.93. The summed E-state index contributed by atoms with van der Waals surface area (Å²) < 4.78 is 29.4. The average Bonchev–Trinajstić information content (AvgIpc) is 3.11. The van der Waals surface area contributed by atoms with Gasteiger partial charge in [0.15, 0.2) is 0 Å².